The molecule has 0 heterocycles. The summed E-state index contributed by atoms with van der Waals surface area (Å²) in [5, 5.41) is 17.8. The van der Waals surface area contributed by atoms with Gasteiger partial charge in [-0.25, -0.2) is 8.78 Å². The van der Waals surface area contributed by atoms with E-state index in [1.165, 1.54) is 6.92 Å². The molecule has 0 aromatic heterocycles. The van der Waals surface area contributed by atoms with E-state index in [1.807, 2.05) is 0 Å². The number of halogens is 2. The number of hydrogen-bond acceptors (Lipinski definition) is 3. The molecule has 1 rings (SSSR count). The lowest BCUT2D eigenvalue weighted by Gasteiger charge is -2.17. The predicted molar refractivity (Wildman–Crippen MR) is 61.7 cm³/mol. The van der Waals surface area contributed by atoms with Gasteiger partial charge in [0.2, 0.25) is 0 Å². The maximum atomic E-state index is 13.2. The quantitative estimate of drug-likeness (QED) is 0.749. The van der Waals surface area contributed by atoms with Gasteiger partial charge in [0.15, 0.2) is 11.6 Å². The average Bonchev–Trinajstić information content (AvgIpc) is 2.30. The van der Waals surface area contributed by atoms with Gasteiger partial charge in [-0.2, -0.15) is 0 Å². The Kier molecular flexibility index (Phi) is 4.55. The van der Waals surface area contributed by atoms with Gasteiger partial charge < -0.3 is 15.9 Å². The third kappa shape index (κ3) is 3.47. The van der Waals surface area contributed by atoms with E-state index >= 15 is 0 Å². The lowest BCUT2D eigenvalue weighted by molar-refractivity contribution is -0.141. The van der Waals surface area contributed by atoms with Crippen LogP contribution in [0.1, 0.15) is 23.5 Å². The summed E-state index contributed by atoms with van der Waals surface area (Å²) < 4.78 is 26.1. The molecule has 4 N–H and O–H groups in total. The molecule has 5 nitrogen and oxygen atoms in total. The smallest absolute Gasteiger partial charge is 0.320 e. The van der Waals surface area contributed by atoms with Crippen LogP contribution in [0.3, 0.4) is 0 Å². The molecule has 2 unspecified atom stereocenters. The Morgan fingerprint density at radius 3 is 2.21 bits per heavy atom. The Labute approximate surface area is 107 Å². The number of carboxylic acid groups (broad SMARTS) is 2. The van der Waals surface area contributed by atoms with Gasteiger partial charge in [-0.1, -0.05) is 0 Å². The van der Waals surface area contributed by atoms with Crippen molar-refractivity contribution in [1.29, 1.82) is 0 Å². The SMILES string of the molecule is Cc1cc(F)c(F)cc1C(CC(N)C(=O)O)C(=O)O. The van der Waals surface area contributed by atoms with Crippen LogP contribution >= 0.6 is 0 Å². The van der Waals surface area contributed by atoms with Crippen molar-refractivity contribution in [3.8, 4) is 0 Å². The number of carboxylic acids is 2. The highest BCUT2D eigenvalue weighted by molar-refractivity contribution is 5.79. The second-order valence-electron chi connectivity index (χ2n) is 4.19. The van der Waals surface area contributed by atoms with Crippen molar-refractivity contribution in [3.05, 3.63) is 34.9 Å². The summed E-state index contributed by atoms with van der Waals surface area (Å²) >= 11 is 0. The summed E-state index contributed by atoms with van der Waals surface area (Å²) in [6, 6.07) is 0.235. The molecular formula is C12H13F2NO4. The first-order valence-corrected chi connectivity index (χ1v) is 5.40. The molecular weight excluding hydrogens is 260 g/mol. The molecule has 0 aliphatic carbocycles. The van der Waals surface area contributed by atoms with Crippen LogP contribution in [0, 0.1) is 18.6 Å². The van der Waals surface area contributed by atoms with E-state index < -0.39 is 42.0 Å². The molecule has 7 heteroatoms. The largest absolute Gasteiger partial charge is 0.481 e. The maximum absolute atomic E-state index is 13.2. The highest BCUT2D eigenvalue weighted by Crippen LogP contribution is 2.26. The summed E-state index contributed by atoms with van der Waals surface area (Å²) in [4.78, 5) is 21.8. The van der Waals surface area contributed by atoms with Gasteiger partial charge in [-0.05, 0) is 36.6 Å². The molecule has 0 saturated carbocycles. The first-order valence-electron chi connectivity index (χ1n) is 5.40. The number of carbonyl (C=O) groups is 2. The molecule has 0 amide bonds. The topological polar surface area (TPSA) is 101 Å². The fourth-order valence-electron chi connectivity index (χ4n) is 1.75. The molecule has 0 radical (unpaired) electrons. The summed E-state index contributed by atoms with van der Waals surface area (Å²) in [6.45, 7) is 1.42. The summed E-state index contributed by atoms with van der Waals surface area (Å²) in [5.74, 6) is -6.28. The first-order chi connectivity index (χ1) is 8.73. The minimum atomic E-state index is -1.39. The van der Waals surface area contributed by atoms with Gasteiger partial charge in [0.1, 0.15) is 6.04 Å². The lowest BCUT2D eigenvalue weighted by Crippen LogP contribution is -2.33. The molecule has 1 aromatic carbocycles. The zero-order valence-corrected chi connectivity index (χ0v) is 10.1. The number of rotatable bonds is 5. The van der Waals surface area contributed by atoms with Crippen molar-refractivity contribution in [1.82, 2.24) is 0 Å². The summed E-state index contributed by atoms with van der Waals surface area (Å²) in [5.41, 5.74) is 5.52. The average molecular weight is 273 g/mol. The van der Waals surface area contributed by atoms with Crippen molar-refractivity contribution in [2.45, 2.75) is 25.3 Å². The maximum Gasteiger partial charge on any atom is 0.320 e. The van der Waals surface area contributed by atoms with Crippen LogP contribution in [0.4, 0.5) is 8.78 Å². The van der Waals surface area contributed by atoms with Crippen LogP contribution in [0.25, 0.3) is 0 Å². The summed E-state index contributed by atoms with van der Waals surface area (Å²) in [6.07, 6.45) is -0.406. The molecule has 0 saturated heterocycles. The highest BCUT2D eigenvalue weighted by Gasteiger charge is 2.28. The molecule has 0 spiro atoms. The van der Waals surface area contributed by atoms with E-state index in [4.69, 9.17) is 15.9 Å². The number of benzene rings is 1. The number of hydrogen-bond donors (Lipinski definition) is 3. The first kappa shape index (κ1) is 15.0. The van der Waals surface area contributed by atoms with Crippen LogP contribution in [0.5, 0.6) is 0 Å². The van der Waals surface area contributed by atoms with Crippen LogP contribution in [0.2, 0.25) is 0 Å². The monoisotopic (exact) mass is 273 g/mol. The van der Waals surface area contributed by atoms with E-state index in [1.54, 1.807) is 0 Å². The predicted octanol–water partition coefficient (Wildman–Crippen LogP) is 1.24. The fraction of sp³-hybridized carbons (Fsp3) is 0.333. The molecule has 19 heavy (non-hydrogen) atoms. The normalized spacial score (nSPS) is 13.9. The molecule has 1 aromatic rings. The lowest BCUT2D eigenvalue weighted by atomic mass is 9.89. The van der Waals surface area contributed by atoms with Gasteiger partial charge in [0.25, 0.3) is 0 Å². The van der Waals surface area contributed by atoms with Crippen molar-refractivity contribution in [2.75, 3.05) is 0 Å². The Morgan fingerprint density at radius 1 is 1.21 bits per heavy atom. The van der Waals surface area contributed by atoms with Crippen molar-refractivity contribution < 1.29 is 28.6 Å². The van der Waals surface area contributed by atoms with Crippen LogP contribution in [-0.4, -0.2) is 28.2 Å². The minimum Gasteiger partial charge on any atom is -0.481 e. The summed E-state index contributed by atoms with van der Waals surface area (Å²) in [7, 11) is 0. The Balaban J connectivity index is 3.16. The molecule has 104 valence electrons. The number of aryl methyl sites for hydroxylation is 1. The third-order valence-corrected chi connectivity index (χ3v) is 2.79. The zero-order valence-electron chi connectivity index (χ0n) is 10.1. The van der Waals surface area contributed by atoms with E-state index in [2.05, 4.69) is 0 Å². The molecule has 2 atom stereocenters. The van der Waals surface area contributed by atoms with E-state index in [0.717, 1.165) is 12.1 Å². The second-order valence-corrected chi connectivity index (χ2v) is 4.19. The van der Waals surface area contributed by atoms with Crippen LogP contribution in [0.15, 0.2) is 12.1 Å². The minimum absolute atomic E-state index is 0.0168. The van der Waals surface area contributed by atoms with Gasteiger partial charge in [-0.3, -0.25) is 9.59 Å². The third-order valence-electron chi connectivity index (χ3n) is 2.79. The Morgan fingerprint density at radius 2 is 1.74 bits per heavy atom. The van der Waals surface area contributed by atoms with E-state index in [-0.39, 0.29) is 11.1 Å². The van der Waals surface area contributed by atoms with E-state index in [9.17, 15) is 18.4 Å². The molecule has 0 aliphatic heterocycles. The van der Waals surface area contributed by atoms with Gasteiger partial charge >= 0.3 is 11.9 Å². The van der Waals surface area contributed by atoms with Crippen molar-refractivity contribution >= 4 is 11.9 Å². The molecule has 0 aliphatic rings. The van der Waals surface area contributed by atoms with Crippen molar-refractivity contribution in [3.63, 3.8) is 0 Å². The standard InChI is InChI=1S/C12H13F2NO4/c1-5-2-8(13)9(14)3-6(5)7(11(16)17)4-10(15)12(18)19/h2-3,7,10H,4,15H2,1H3,(H,16,17)(H,18,19). The Hall–Kier alpha value is -2.02. The second kappa shape index (κ2) is 5.75. The van der Waals surface area contributed by atoms with Gasteiger partial charge in [0, 0.05) is 0 Å². The highest BCUT2D eigenvalue weighted by atomic mass is 19.2. The zero-order chi connectivity index (χ0) is 14.7. The van der Waals surface area contributed by atoms with Crippen molar-refractivity contribution in [2.24, 2.45) is 5.73 Å². The number of aliphatic carboxylic acids is 2. The van der Waals surface area contributed by atoms with Gasteiger partial charge in [-0.15, -0.1) is 0 Å². The van der Waals surface area contributed by atoms with Gasteiger partial charge in [0.05, 0.1) is 5.92 Å². The number of nitrogens with two attached hydrogens (primary N) is 1. The molecule has 0 fully saturated rings. The van der Waals surface area contributed by atoms with E-state index in [0.29, 0.717) is 0 Å². The fourth-order valence-corrected chi connectivity index (χ4v) is 1.75. The molecule has 0 bridgehead atoms. The Bertz CT molecular complexity index is 519. The van der Waals surface area contributed by atoms with Crippen LogP contribution < -0.4 is 5.73 Å². The van der Waals surface area contributed by atoms with Crippen LogP contribution in [-0.2, 0) is 9.59 Å².